The molecular formula is C16H17NO2. The van der Waals surface area contributed by atoms with Crippen LogP contribution in [0.15, 0.2) is 36.4 Å². The van der Waals surface area contributed by atoms with Crippen LogP contribution in [0.2, 0.25) is 0 Å². The van der Waals surface area contributed by atoms with Gasteiger partial charge in [0.05, 0.1) is 6.42 Å². The molecule has 0 N–H and O–H groups in total. The Kier molecular flexibility index (Phi) is 3.65. The molecule has 0 aliphatic heterocycles. The van der Waals surface area contributed by atoms with Gasteiger partial charge in [-0.15, -0.1) is 0 Å². The molecule has 0 heterocycles. The molecule has 2 aromatic carbocycles. The van der Waals surface area contributed by atoms with Crippen molar-refractivity contribution in [3.8, 4) is 0 Å². The number of anilines is 1. The molecule has 19 heavy (non-hydrogen) atoms. The SMILES string of the molecule is CC(=O)CC(=O)c1ccc2cc(N(C)C)ccc2c1. The van der Waals surface area contributed by atoms with Gasteiger partial charge in [0.15, 0.2) is 5.78 Å². The van der Waals surface area contributed by atoms with Gasteiger partial charge in [-0.25, -0.2) is 0 Å². The fourth-order valence-corrected chi connectivity index (χ4v) is 2.01. The lowest BCUT2D eigenvalue weighted by Crippen LogP contribution is -2.08. The molecule has 0 bridgehead atoms. The van der Waals surface area contributed by atoms with E-state index in [9.17, 15) is 9.59 Å². The summed E-state index contributed by atoms with van der Waals surface area (Å²) in [4.78, 5) is 24.9. The van der Waals surface area contributed by atoms with Crippen LogP contribution in [0.5, 0.6) is 0 Å². The Morgan fingerprint density at radius 3 is 2.26 bits per heavy atom. The number of ketones is 2. The third kappa shape index (κ3) is 2.99. The van der Waals surface area contributed by atoms with Gasteiger partial charge in [0.1, 0.15) is 5.78 Å². The van der Waals surface area contributed by atoms with Gasteiger partial charge >= 0.3 is 0 Å². The molecule has 0 spiro atoms. The molecule has 0 amide bonds. The minimum atomic E-state index is -0.119. The summed E-state index contributed by atoms with van der Waals surface area (Å²) >= 11 is 0. The van der Waals surface area contributed by atoms with Gasteiger partial charge in [-0.1, -0.05) is 18.2 Å². The number of hydrogen-bond acceptors (Lipinski definition) is 3. The highest BCUT2D eigenvalue weighted by Crippen LogP contribution is 2.22. The molecule has 98 valence electrons. The van der Waals surface area contributed by atoms with E-state index < -0.39 is 0 Å². The first-order valence-corrected chi connectivity index (χ1v) is 6.21. The van der Waals surface area contributed by atoms with Gasteiger partial charge in [-0.3, -0.25) is 9.59 Å². The Morgan fingerprint density at radius 2 is 1.63 bits per heavy atom. The zero-order valence-electron chi connectivity index (χ0n) is 11.4. The van der Waals surface area contributed by atoms with Crippen molar-refractivity contribution in [2.45, 2.75) is 13.3 Å². The van der Waals surface area contributed by atoms with Crippen molar-refractivity contribution in [2.24, 2.45) is 0 Å². The summed E-state index contributed by atoms with van der Waals surface area (Å²) < 4.78 is 0. The third-order valence-electron chi connectivity index (χ3n) is 3.07. The van der Waals surface area contributed by atoms with Crippen LogP contribution < -0.4 is 4.90 Å². The van der Waals surface area contributed by atoms with Crippen molar-refractivity contribution < 1.29 is 9.59 Å². The average molecular weight is 255 g/mol. The first-order valence-electron chi connectivity index (χ1n) is 6.21. The van der Waals surface area contributed by atoms with Crippen molar-refractivity contribution in [1.82, 2.24) is 0 Å². The summed E-state index contributed by atoms with van der Waals surface area (Å²) in [5, 5.41) is 2.10. The standard InChI is InChI=1S/C16H17NO2/c1-11(18)8-16(19)14-5-4-13-10-15(17(2)3)7-6-12(13)9-14/h4-7,9-10H,8H2,1-3H3. The fourth-order valence-electron chi connectivity index (χ4n) is 2.01. The van der Waals surface area contributed by atoms with E-state index in [-0.39, 0.29) is 18.0 Å². The molecule has 0 fully saturated rings. The maximum Gasteiger partial charge on any atom is 0.170 e. The molecule has 0 aromatic heterocycles. The quantitative estimate of drug-likeness (QED) is 0.622. The number of carbonyl (C=O) groups is 2. The number of benzene rings is 2. The molecule has 2 rings (SSSR count). The number of hydrogen-bond donors (Lipinski definition) is 0. The number of nitrogens with zero attached hydrogens (tertiary/aromatic N) is 1. The van der Waals surface area contributed by atoms with Crippen LogP contribution in [-0.4, -0.2) is 25.7 Å². The molecule has 0 atom stereocenters. The van der Waals surface area contributed by atoms with Crippen molar-refractivity contribution in [1.29, 1.82) is 0 Å². The zero-order valence-corrected chi connectivity index (χ0v) is 11.4. The number of rotatable bonds is 4. The predicted molar refractivity (Wildman–Crippen MR) is 77.9 cm³/mol. The van der Waals surface area contributed by atoms with E-state index in [1.807, 2.05) is 43.3 Å². The van der Waals surface area contributed by atoms with E-state index in [0.29, 0.717) is 5.56 Å². The van der Waals surface area contributed by atoms with E-state index in [2.05, 4.69) is 6.07 Å². The lowest BCUT2D eigenvalue weighted by Gasteiger charge is -2.13. The second kappa shape index (κ2) is 5.22. The fraction of sp³-hybridized carbons (Fsp3) is 0.250. The summed E-state index contributed by atoms with van der Waals surface area (Å²) in [5.74, 6) is -0.223. The zero-order chi connectivity index (χ0) is 14.0. The van der Waals surface area contributed by atoms with Crippen molar-refractivity contribution >= 4 is 28.0 Å². The molecule has 0 saturated carbocycles. The normalized spacial score (nSPS) is 10.5. The second-order valence-electron chi connectivity index (χ2n) is 4.94. The molecule has 3 nitrogen and oxygen atoms in total. The minimum Gasteiger partial charge on any atom is -0.378 e. The molecule has 0 radical (unpaired) electrons. The van der Waals surface area contributed by atoms with Crippen molar-refractivity contribution in [3.63, 3.8) is 0 Å². The summed E-state index contributed by atoms with van der Waals surface area (Å²) in [6, 6.07) is 11.6. The summed E-state index contributed by atoms with van der Waals surface area (Å²) in [5.41, 5.74) is 1.72. The van der Waals surface area contributed by atoms with Gasteiger partial charge in [0.25, 0.3) is 0 Å². The summed E-state index contributed by atoms with van der Waals surface area (Å²) in [7, 11) is 3.98. The van der Waals surface area contributed by atoms with Gasteiger partial charge in [-0.05, 0) is 35.9 Å². The average Bonchev–Trinajstić information content (AvgIpc) is 2.36. The van der Waals surface area contributed by atoms with Crippen LogP contribution in [0, 0.1) is 0 Å². The second-order valence-corrected chi connectivity index (χ2v) is 4.94. The van der Waals surface area contributed by atoms with Crippen LogP contribution >= 0.6 is 0 Å². The lowest BCUT2D eigenvalue weighted by atomic mass is 10.0. The highest BCUT2D eigenvalue weighted by Gasteiger charge is 2.09. The van der Waals surface area contributed by atoms with Gasteiger partial charge in [-0.2, -0.15) is 0 Å². The van der Waals surface area contributed by atoms with Gasteiger partial charge in [0.2, 0.25) is 0 Å². The van der Waals surface area contributed by atoms with Gasteiger partial charge < -0.3 is 4.90 Å². The minimum absolute atomic E-state index is 0.0265. The molecule has 0 saturated heterocycles. The van der Waals surface area contributed by atoms with Crippen LogP contribution in [-0.2, 0) is 4.79 Å². The largest absolute Gasteiger partial charge is 0.378 e. The molecule has 0 unspecified atom stereocenters. The number of fused-ring (bicyclic) bond motifs is 1. The highest BCUT2D eigenvalue weighted by molar-refractivity contribution is 6.08. The van der Waals surface area contributed by atoms with E-state index in [0.717, 1.165) is 16.5 Å². The molecular weight excluding hydrogens is 238 g/mol. The van der Waals surface area contributed by atoms with Crippen LogP contribution in [0.1, 0.15) is 23.7 Å². The summed E-state index contributed by atoms with van der Waals surface area (Å²) in [6.07, 6.45) is -0.0265. The van der Waals surface area contributed by atoms with Crippen molar-refractivity contribution in [3.05, 3.63) is 42.0 Å². The van der Waals surface area contributed by atoms with Crippen LogP contribution in [0.4, 0.5) is 5.69 Å². The Labute approximate surface area is 112 Å². The molecule has 0 aliphatic carbocycles. The molecule has 0 aliphatic rings. The van der Waals surface area contributed by atoms with Crippen molar-refractivity contribution in [2.75, 3.05) is 19.0 Å². The third-order valence-corrected chi connectivity index (χ3v) is 3.07. The number of Topliss-reactive ketones (excluding diaryl/α,β-unsaturated/α-hetero) is 2. The highest BCUT2D eigenvalue weighted by atomic mass is 16.1. The van der Waals surface area contributed by atoms with E-state index in [1.54, 1.807) is 6.07 Å². The molecule has 2 aromatic rings. The lowest BCUT2D eigenvalue weighted by molar-refractivity contribution is -0.116. The summed E-state index contributed by atoms with van der Waals surface area (Å²) in [6.45, 7) is 1.43. The maximum absolute atomic E-state index is 11.8. The van der Waals surface area contributed by atoms with E-state index in [1.165, 1.54) is 6.92 Å². The van der Waals surface area contributed by atoms with Crippen LogP contribution in [0.25, 0.3) is 10.8 Å². The van der Waals surface area contributed by atoms with E-state index in [4.69, 9.17) is 0 Å². The Morgan fingerprint density at radius 1 is 1.00 bits per heavy atom. The first kappa shape index (κ1) is 13.3. The topological polar surface area (TPSA) is 37.4 Å². The Balaban J connectivity index is 2.39. The van der Waals surface area contributed by atoms with Gasteiger partial charge in [0, 0.05) is 25.3 Å². The number of carbonyl (C=O) groups excluding carboxylic acids is 2. The predicted octanol–water partition coefficient (Wildman–Crippen LogP) is 3.07. The molecule has 3 heteroatoms. The monoisotopic (exact) mass is 255 g/mol. The Hall–Kier alpha value is -2.16. The van der Waals surface area contributed by atoms with E-state index >= 15 is 0 Å². The first-order chi connectivity index (χ1) is 8.97. The maximum atomic E-state index is 11.8. The Bertz CT molecular complexity index is 644. The smallest absolute Gasteiger partial charge is 0.170 e. The van der Waals surface area contributed by atoms with Crippen LogP contribution in [0.3, 0.4) is 0 Å².